The normalized spacial score (nSPS) is 10.9. The molecule has 1 N–H and O–H groups in total. The number of para-hydroxylation sites is 1. The van der Waals surface area contributed by atoms with Crippen LogP contribution in [0.4, 0.5) is 19.0 Å². The molecule has 5 nitrogen and oxygen atoms in total. The van der Waals surface area contributed by atoms with Gasteiger partial charge in [0.2, 0.25) is 0 Å². The number of hydrogen-bond acceptors (Lipinski definition) is 3. The molecular formula is C18H13BrF3N3O2. The predicted octanol–water partition coefficient (Wildman–Crippen LogP) is 4.69. The van der Waals surface area contributed by atoms with E-state index in [2.05, 4.69) is 31.1 Å². The summed E-state index contributed by atoms with van der Waals surface area (Å²) >= 11 is 3.27. The maximum Gasteiger partial charge on any atom is 0.387 e. The van der Waals surface area contributed by atoms with Gasteiger partial charge in [-0.1, -0.05) is 30.3 Å². The molecule has 3 rings (SSSR count). The number of alkyl halides is 2. The SMILES string of the molecule is O=C(Nc1nn(Cc2ccccc2F)cc1Br)c1ccccc1OC(F)F. The van der Waals surface area contributed by atoms with Crippen LogP contribution in [0.1, 0.15) is 15.9 Å². The van der Waals surface area contributed by atoms with Crippen molar-refractivity contribution in [2.75, 3.05) is 5.32 Å². The van der Waals surface area contributed by atoms with Crippen LogP contribution >= 0.6 is 15.9 Å². The van der Waals surface area contributed by atoms with E-state index in [1.54, 1.807) is 24.4 Å². The highest BCUT2D eigenvalue weighted by Crippen LogP contribution is 2.25. The van der Waals surface area contributed by atoms with Gasteiger partial charge in [0.1, 0.15) is 11.6 Å². The third kappa shape index (κ3) is 4.68. The Labute approximate surface area is 160 Å². The first-order chi connectivity index (χ1) is 12.9. The molecule has 0 aliphatic heterocycles. The highest BCUT2D eigenvalue weighted by molar-refractivity contribution is 9.10. The maximum absolute atomic E-state index is 13.8. The molecule has 0 aliphatic rings. The zero-order valence-electron chi connectivity index (χ0n) is 13.7. The van der Waals surface area contributed by atoms with E-state index in [1.165, 1.54) is 35.0 Å². The second-order valence-corrected chi connectivity index (χ2v) is 6.30. The number of rotatable bonds is 6. The van der Waals surface area contributed by atoms with Gasteiger partial charge in [-0.05, 0) is 34.1 Å². The molecule has 0 saturated heterocycles. The van der Waals surface area contributed by atoms with Crippen molar-refractivity contribution in [1.29, 1.82) is 0 Å². The quantitative estimate of drug-likeness (QED) is 0.606. The van der Waals surface area contributed by atoms with Crippen molar-refractivity contribution in [3.63, 3.8) is 0 Å². The number of ether oxygens (including phenoxy) is 1. The van der Waals surface area contributed by atoms with Gasteiger partial charge in [-0.3, -0.25) is 9.48 Å². The number of nitrogens with one attached hydrogen (secondary N) is 1. The summed E-state index contributed by atoms with van der Waals surface area (Å²) in [6.45, 7) is -2.89. The summed E-state index contributed by atoms with van der Waals surface area (Å²) in [6, 6.07) is 11.9. The van der Waals surface area contributed by atoms with Crippen LogP contribution in [-0.4, -0.2) is 22.3 Å². The number of aromatic nitrogens is 2. The van der Waals surface area contributed by atoms with Gasteiger partial charge >= 0.3 is 6.61 Å². The van der Waals surface area contributed by atoms with Crippen LogP contribution in [-0.2, 0) is 6.54 Å². The highest BCUT2D eigenvalue weighted by Gasteiger charge is 2.18. The van der Waals surface area contributed by atoms with Crippen molar-refractivity contribution >= 4 is 27.7 Å². The molecule has 0 aliphatic carbocycles. The van der Waals surface area contributed by atoms with Crippen LogP contribution in [0.25, 0.3) is 0 Å². The van der Waals surface area contributed by atoms with Crippen LogP contribution in [0.5, 0.6) is 5.75 Å². The zero-order chi connectivity index (χ0) is 19.4. The largest absolute Gasteiger partial charge is 0.434 e. The van der Waals surface area contributed by atoms with Crippen LogP contribution < -0.4 is 10.1 Å². The van der Waals surface area contributed by atoms with Gasteiger partial charge < -0.3 is 10.1 Å². The van der Waals surface area contributed by atoms with E-state index in [0.717, 1.165) is 0 Å². The fourth-order valence-electron chi connectivity index (χ4n) is 2.39. The molecule has 0 radical (unpaired) electrons. The van der Waals surface area contributed by atoms with Crippen molar-refractivity contribution in [2.45, 2.75) is 13.2 Å². The van der Waals surface area contributed by atoms with Gasteiger partial charge in [-0.25, -0.2) is 4.39 Å². The van der Waals surface area contributed by atoms with Gasteiger partial charge in [0.25, 0.3) is 5.91 Å². The summed E-state index contributed by atoms with van der Waals surface area (Å²) in [5.41, 5.74) is 0.370. The molecular weight excluding hydrogens is 427 g/mol. The number of carbonyl (C=O) groups is 1. The first kappa shape index (κ1) is 19.0. The molecule has 0 saturated carbocycles. The topological polar surface area (TPSA) is 56.2 Å². The minimum Gasteiger partial charge on any atom is -0.434 e. The number of benzene rings is 2. The summed E-state index contributed by atoms with van der Waals surface area (Å²) in [4.78, 5) is 12.4. The molecule has 0 atom stereocenters. The lowest BCUT2D eigenvalue weighted by Gasteiger charge is -2.10. The monoisotopic (exact) mass is 439 g/mol. The number of carbonyl (C=O) groups excluding carboxylic acids is 1. The molecule has 9 heteroatoms. The molecule has 0 spiro atoms. The van der Waals surface area contributed by atoms with E-state index in [-0.39, 0.29) is 29.5 Å². The van der Waals surface area contributed by atoms with Gasteiger partial charge in [-0.15, -0.1) is 0 Å². The number of hydrogen-bond donors (Lipinski definition) is 1. The first-order valence-electron chi connectivity index (χ1n) is 7.75. The summed E-state index contributed by atoms with van der Waals surface area (Å²) in [5, 5.41) is 6.71. The number of amides is 1. The Kier molecular flexibility index (Phi) is 5.80. The molecule has 3 aromatic rings. The molecule has 140 valence electrons. The van der Waals surface area contributed by atoms with Crippen LogP contribution in [0.15, 0.2) is 59.2 Å². The third-order valence-electron chi connectivity index (χ3n) is 3.59. The van der Waals surface area contributed by atoms with E-state index in [4.69, 9.17) is 0 Å². The fourth-order valence-corrected chi connectivity index (χ4v) is 2.81. The molecule has 0 unspecified atom stereocenters. The molecule has 0 bridgehead atoms. The first-order valence-corrected chi connectivity index (χ1v) is 8.55. The summed E-state index contributed by atoms with van der Waals surface area (Å²) in [5.74, 6) is -1.11. The summed E-state index contributed by atoms with van der Waals surface area (Å²) in [6.07, 6.45) is 1.57. The Morgan fingerprint density at radius 2 is 1.89 bits per heavy atom. The number of nitrogens with zero attached hydrogens (tertiary/aromatic N) is 2. The second-order valence-electron chi connectivity index (χ2n) is 5.44. The van der Waals surface area contributed by atoms with Gasteiger partial charge in [0.05, 0.1) is 16.6 Å². The fraction of sp³-hybridized carbons (Fsp3) is 0.111. The minimum atomic E-state index is -3.05. The molecule has 1 aromatic heterocycles. The van der Waals surface area contributed by atoms with Gasteiger partial charge in [-0.2, -0.15) is 13.9 Å². The molecule has 1 amide bonds. The maximum atomic E-state index is 13.8. The van der Waals surface area contributed by atoms with Crippen molar-refractivity contribution < 1.29 is 22.7 Å². The van der Waals surface area contributed by atoms with Gasteiger partial charge in [0, 0.05) is 11.8 Å². The van der Waals surface area contributed by atoms with Crippen LogP contribution in [0.3, 0.4) is 0 Å². The van der Waals surface area contributed by atoms with Crippen molar-refractivity contribution in [1.82, 2.24) is 9.78 Å². The second kappa shape index (κ2) is 8.26. The molecule has 0 fully saturated rings. The molecule has 27 heavy (non-hydrogen) atoms. The van der Waals surface area contributed by atoms with Crippen LogP contribution in [0, 0.1) is 5.82 Å². The Hall–Kier alpha value is -2.81. The predicted molar refractivity (Wildman–Crippen MR) is 96.5 cm³/mol. The van der Waals surface area contributed by atoms with Gasteiger partial charge in [0.15, 0.2) is 5.82 Å². The molecule has 2 aromatic carbocycles. The Morgan fingerprint density at radius 3 is 2.63 bits per heavy atom. The standard InChI is InChI=1S/C18H13BrF3N3O2/c19-13-10-25(9-11-5-1-3-7-14(11)20)24-16(13)23-17(26)12-6-2-4-8-15(12)27-18(21)22/h1-8,10,18H,9H2,(H,23,24,26). The van der Waals surface area contributed by atoms with E-state index < -0.39 is 12.5 Å². The summed E-state index contributed by atoms with van der Waals surface area (Å²) in [7, 11) is 0. The molecule has 1 heterocycles. The minimum absolute atomic E-state index is 0.0617. The van der Waals surface area contributed by atoms with Crippen molar-refractivity contribution in [3.05, 3.63) is 76.1 Å². The Balaban J connectivity index is 1.78. The lowest BCUT2D eigenvalue weighted by Crippen LogP contribution is -2.16. The Bertz CT molecular complexity index is 963. The smallest absolute Gasteiger partial charge is 0.387 e. The third-order valence-corrected chi connectivity index (χ3v) is 4.17. The lowest BCUT2D eigenvalue weighted by atomic mass is 10.2. The average Bonchev–Trinajstić information content (AvgIpc) is 2.96. The zero-order valence-corrected chi connectivity index (χ0v) is 15.3. The lowest BCUT2D eigenvalue weighted by molar-refractivity contribution is -0.0501. The van der Waals surface area contributed by atoms with Crippen molar-refractivity contribution in [2.24, 2.45) is 0 Å². The number of halogens is 4. The van der Waals surface area contributed by atoms with E-state index in [9.17, 15) is 18.0 Å². The highest BCUT2D eigenvalue weighted by atomic mass is 79.9. The van der Waals surface area contributed by atoms with E-state index in [0.29, 0.717) is 10.0 Å². The van der Waals surface area contributed by atoms with E-state index in [1.807, 2.05) is 0 Å². The Morgan fingerprint density at radius 1 is 1.19 bits per heavy atom. The summed E-state index contributed by atoms with van der Waals surface area (Å²) < 4.78 is 45.0. The number of anilines is 1. The van der Waals surface area contributed by atoms with Crippen molar-refractivity contribution in [3.8, 4) is 5.75 Å². The van der Waals surface area contributed by atoms with Crippen LogP contribution in [0.2, 0.25) is 0 Å². The average molecular weight is 440 g/mol. The van der Waals surface area contributed by atoms with E-state index >= 15 is 0 Å².